The maximum atomic E-state index is 14.5. The Morgan fingerprint density at radius 2 is 1.70 bits per heavy atom. The van der Waals surface area contributed by atoms with Gasteiger partial charge in [-0.2, -0.15) is 0 Å². The zero-order chi connectivity index (χ0) is 44.1. The molecule has 14 heteroatoms. The molecule has 3 fully saturated rings. The number of fused-ring (bicyclic) bond motifs is 1. The number of hydrogen-bond acceptors (Lipinski definition) is 13. The number of cyclic esters (lactones) is 1. The predicted octanol–water partition coefficient (Wildman–Crippen LogP) is 5.79. The molecule has 0 unspecified atom stereocenters. The highest BCUT2D eigenvalue weighted by atomic mass is 16.7. The number of pyridine rings is 1. The first-order valence-electron chi connectivity index (χ1n) is 21.1. The minimum absolute atomic E-state index is 0.0586. The molecule has 0 bridgehead atoms. The third-order valence-corrected chi connectivity index (χ3v) is 12.7. The maximum Gasteiger partial charge on any atom is 0.408 e. The highest BCUT2D eigenvalue weighted by Crippen LogP contribution is 2.45. The Kier molecular flexibility index (Phi) is 15.1. The van der Waals surface area contributed by atoms with E-state index in [1.54, 1.807) is 59.9 Å². The van der Waals surface area contributed by atoms with Crippen molar-refractivity contribution in [1.29, 1.82) is 0 Å². The van der Waals surface area contributed by atoms with Gasteiger partial charge in [0.05, 0.1) is 18.2 Å². The van der Waals surface area contributed by atoms with Crippen molar-refractivity contribution in [2.45, 2.75) is 129 Å². The van der Waals surface area contributed by atoms with Crippen LogP contribution in [0.15, 0.2) is 54.7 Å². The summed E-state index contributed by atoms with van der Waals surface area (Å²) in [5, 5.41) is 14.3. The summed E-state index contributed by atoms with van der Waals surface area (Å²) >= 11 is 0. The summed E-state index contributed by atoms with van der Waals surface area (Å²) in [6, 6.07) is 13.2. The molecular weight excluding hydrogens is 771 g/mol. The van der Waals surface area contributed by atoms with Crippen LogP contribution in [-0.4, -0.2) is 113 Å². The van der Waals surface area contributed by atoms with Crippen LogP contribution in [0.1, 0.15) is 86.6 Å². The third kappa shape index (κ3) is 10.3. The summed E-state index contributed by atoms with van der Waals surface area (Å²) < 4.78 is 30.9. The fourth-order valence-electron chi connectivity index (χ4n) is 9.26. The highest BCUT2D eigenvalue weighted by molar-refractivity contribution is 6.00. The van der Waals surface area contributed by atoms with E-state index in [1.165, 1.54) is 6.92 Å². The number of nitrogens with zero attached hydrogens (tertiary/aromatic N) is 2. The Balaban J connectivity index is 1.48. The lowest BCUT2D eigenvalue weighted by atomic mass is 9.70. The topological polar surface area (TPSA) is 180 Å². The quantitative estimate of drug-likeness (QED) is 0.176. The van der Waals surface area contributed by atoms with Gasteiger partial charge in [0.25, 0.3) is 0 Å². The second-order valence-corrected chi connectivity index (χ2v) is 17.5. The number of rotatable bonds is 9. The zero-order valence-electron chi connectivity index (χ0n) is 36.6. The summed E-state index contributed by atoms with van der Waals surface area (Å²) in [5.74, 6) is -6.84. The van der Waals surface area contributed by atoms with Crippen LogP contribution in [-0.2, 0) is 42.9 Å². The van der Waals surface area contributed by atoms with E-state index in [2.05, 4.69) is 10.3 Å². The number of hydrogen-bond donors (Lipinski definition) is 2. The van der Waals surface area contributed by atoms with Crippen molar-refractivity contribution in [2.75, 3.05) is 20.6 Å². The van der Waals surface area contributed by atoms with Gasteiger partial charge in [-0.05, 0) is 72.7 Å². The number of ketones is 2. The predicted molar refractivity (Wildman–Crippen MR) is 223 cm³/mol. The Morgan fingerprint density at radius 3 is 2.33 bits per heavy atom. The minimum atomic E-state index is -1.72. The van der Waals surface area contributed by atoms with Crippen LogP contribution < -0.4 is 5.32 Å². The normalized spacial score (nSPS) is 35.7. The first-order chi connectivity index (χ1) is 28.3. The van der Waals surface area contributed by atoms with Crippen molar-refractivity contribution in [2.24, 2.45) is 29.6 Å². The van der Waals surface area contributed by atoms with Crippen molar-refractivity contribution < 1.29 is 52.8 Å². The van der Waals surface area contributed by atoms with Crippen molar-refractivity contribution in [3.05, 3.63) is 60.3 Å². The number of alkyl carbamates (subject to hydrolysis) is 1. The van der Waals surface area contributed by atoms with Crippen LogP contribution in [0.4, 0.5) is 4.79 Å². The van der Waals surface area contributed by atoms with Gasteiger partial charge in [0.15, 0.2) is 12.1 Å². The molecule has 2 aromatic rings. The van der Waals surface area contributed by atoms with E-state index in [4.69, 9.17) is 23.7 Å². The molecule has 14 nitrogen and oxygen atoms in total. The Morgan fingerprint density at radius 1 is 1.00 bits per heavy atom. The molecule has 3 aliphatic heterocycles. The Bertz CT molecular complexity index is 1870. The second kappa shape index (κ2) is 19.5. The molecule has 5 rings (SSSR count). The number of amides is 1. The molecule has 60 heavy (non-hydrogen) atoms. The van der Waals surface area contributed by atoms with Crippen LogP contribution in [0, 0.1) is 29.6 Å². The van der Waals surface area contributed by atoms with E-state index in [-0.39, 0.29) is 43.7 Å². The number of aliphatic hydroxyl groups is 1. The first kappa shape index (κ1) is 46.6. The molecule has 2 N–H and O–H groups in total. The Hall–Kier alpha value is -4.50. The van der Waals surface area contributed by atoms with Gasteiger partial charge in [-0.1, -0.05) is 76.2 Å². The lowest BCUT2D eigenvalue weighted by molar-refractivity contribution is -0.292. The van der Waals surface area contributed by atoms with E-state index < -0.39 is 89.2 Å². The average molecular weight is 834 g/mol. The summed E-state index contributed by atoms with van der Waals surface area (Å²) in [5.41, 5.74) is -0.431. The monoisotopic (exact) mass is 833 g/mol. The summed E-state index contributed by atoms with van der Waals surface area (Å²) in [7, 11) is 3.66. The van der Waals surface area contributed by atoms with E-state index in [0.29, 0.717) is 6.42 Å². The van der Waals surface area contributed by atoms with Crippen LogP contribution >= 0.6 is 0 Å². The lowest BCUT2D eigenvalue weighted by Crippen LogP contribution is -2.60. The van der Waals surface area contributed by atoms with E-state index in [9.17, 15) is 29.1 Å². The second-order valence-electron chi connectivity index (χ2n) is 17.5. The molecule has 1 aromatic carbocycles. The number of ether oxygens (including phenoxy) is 5. The van der Waals surface area contributed by atoms with E-state index in [0.717, 1.165) is 16.8 Å². The van der Waals surface area contributed by atoms with Gasteiger partial charge < -0.3 is 39.0 Å². The zero-order valence-corrected chi connectivity index (χ0v) is 36.6. The summed E-state index contributed by atoms with van der Waals surface area (Å²) in [4.78, 5) is 75.9. The molecular formula is C46H63N3O11. The van der Waals surface area contributed by atoms with Crippen molar-refractivity contribution in [3.8, 4) is 11.3 Å². The van der Waals surface area contributed by atoms with Crippen LogP contribution in [0.25, 0.3) is 17.3 Å². The molecule has 4 heterocycles. The number of nitrogens with one attached hydrogen (secondary N) is 1. The maximum absolute atomic E-state index is 14.5. The van der Waals surface area contributed by atoms with Gasteiger partial charge in [0.2, 0.25) is 0 Å². The highest BCUT2D eigenvalue weighted by Gasteiger charge is 2.57. The van der Waals surface area contributed by atoms with Crippen LogP contribution in [0.5, 0.6) is 0 Å². The van der Waals surface area contributed by atoms with Gasteiger partial charge in [0.1, 0.15) is 41.2 Å². The molecule has 0 saturated carbocycles. The van der Waals surface area contributed by atoms with Gasteiger partial charge in [-0.15, -0.1) is 0 Å². The molecule has 0 aliphatic carbocycles. The number of aliphatic hydroxyl groups excluding tert-OH is 1. The molecule has 1 aromatic heterocycles. The van der Waals surface area contributed by atoms with Gasteiger partial charge in [-0.25, -0.2) is 4.79 Å². The largest absolute Gasteiger partial charge is 0.458 e. The molecule has 0 spiro atoms. The Labute approximate surface area is 353 Å². The number of benzene rings is 1. The molecule has 3 aliphatic rings. The van der Waals surface area contributed by atoms with Crippen LogP contribution in [0.3, 0.4) is 0 Å². The standard InChI is InChI=1S/C46H63N3O11/c1-11-36-46(8)33(23-37(50)59-46)28(4)38(51)26(2)24-45(7,60-44(55)47-21-15-16-31-19-20-34(48-25-31)32-17-13-12-14-18-32)41(29(5)39(52)30(6)42(54)57-36)58-43-40(53)35(49(9)10)22-27(3)56-43/h12-20,25-30,33,35-36,40-41,43,53H,11,21-24H2,1-10H3,(H,47,55)/b16-15+/t26-,27-,28-,29+,30-,33-,35+,36-,40-,41-,43+,45-,46+/m1/s1. The number of carbonyl (C=O) groups excluding carboxylic acids is 5. The lowest BCUT2D eigenvalue weighted by Gasteiger charge is -2.47. The van der Waals surface area contributed by atoms with Crippen LogP contribution in [0.2, 0.25) is 0 Å². The minimum Gasteiger partial charge on any atom is -0.458 e. The van der Waals surface area contributed by atoms with E-state index >= 15 is 0 Å². The first-order valence-corrected chi connectivity index (χ1v) is 21.1. The third-order valence-electron chi connectivity index (χ3n) is 12.7. The number of Topliss-reactive ketones (excluding diaryl/α,β-unsaturated/α-hetero) is 2. The number of aromatic nitrogens is 1. The molecule has 1 amide bonds. The number of esters is 2. The van der Waals surface area contributed by atoms with Gasteiger partial charge in [0, 0.05) is 48.0 Å². The number of carbonyl (C=O) groups is 5. The summed E-state index contributed by atoms with van der Waals surface area (Å²) in [6.45, 7) is 13.4. The fraction of sp³-hybridized carbons (Fsp3) is 0.609. The summed E-state index contributed by atoms with van der Waals surface area (Å²) in [6.07, 6.45) is -0.0674. The molecule has 0 radical (unpaired) electrons. The van der Waals surface area contributed by atoms with Crippen molar-refractivity contribution in [1.82, 2.24) is 15.2 Å². The fourth-order valence-corrected chi connectivity index (χ4v) is 9.26. The van der Waals surface area contributed by atoms with Gasteiger partial charge >= 0.3 is 18.0 Å². The SMILES string of the molecule is CC[C@H]1OC(=O)[C@H](C)C(=O)[C@H](C)[C@@H](O[C@@H]2O[C@H](C)C[C@H](N(C)C)[C@H]2O)[C@](C)(OC(=O)NC/C=C/c2ccc(-c3ccccc3)nc2)C[C@@H](C)C(=O)[C@H](C)[C@H]2CC(=O)O[C@@]21C. The van der Waals surface area contributed by atoms with Crippen molar-refractivity contribution in [3.63, 3.8) is 0 Å². The number of likely N-dealkylation sites (N-methyl/N-ethyl adjacent to an activating group) is 1. The molecule has 328 valence electrons. The average Bonchev–Trinajstić information content (AvgIpc) is 3.53. The molecule has 13 atom stereocenters. The smallest absolute Gasteiger partial charge is 0.408 e. The molecule has 3 saturated heterocycles. The van der Waals surface area contributed by atoms with Crippen molar-refractivity contribution >= 4 is 35.7 Å². The van der Waals surface area contributed by atoms with Gasteiger partial charge in [-0.3, -0.25) is 24.2 Å². The van der Waals surface area contributed by atoms with E-state index in [1.807, 2.05) is 68.4 Å².